The van der Waals surface area contributed by atoms with Gasteiger partial charge in [-0.1, -0.05) is 0 Å². The number of aromatic nitrogens is 1. The first-order chi connectivity index (χ1) is 8.18. The fourth-order valence-electron chi connectivity index (χ4n) is 2.10. The first-order valence-electron chi connectivity index (χ1n) is 5.80. The van der Waals surface area contributed by atoms with Crippen molar-refractivity contribution in [2.75, 3.05) is 38.1 Å². The molecular formula is C12H17N3O2. The summed E-state index contributed by atoms with van der Waals surface area (Å²) in [5, 5.41) is 9.12. The molecule has 0 aliphatic carbocycles. The van der Waals surface area contributed by atoms with Crippen molar-refractivity contribution in [3.05, 3.63) is 24.0 Å². The van der Waals surface area contributed by atoms with Crippen LogP contribution in [-0.4, -0.2) is 54.2 Å². The molecule has 1 aliphatic rings. The third-order valence-corrected chi connectivity index (χ3v) is 3.05. The molecule has 0 saturated carbocycles. The van der Waals surface area contributed by atoms with E-state index in [1.54, 1.807) is 6.07 Å². The molecule has 1 saturated heterocycles. The molecule has 1 aromatic rings. The minimum absolute atomic E-state index is 0.150. The molecule has 92 valence electrons. The zero-order chi connectivity index (χ0) is 12.3. The smallest absolute Gasteiger partial charge is 0.356 e. The Hall–Kier alpha value is -1.62. The Morgan fingerprint density at radius 2 is 2.18 bits per heavy atom. The molecule has 0 atom stereocenters. The van der Waals surface area contributed by atoms with E-state index in [1.165, 1.54) is 6.20 Å². The number of carboxylic acid groups (broad SMARTS) is 1. The zero-order valence-corrected chi connectivity index (χ0v) is 9.96. The maximum absolute atomic E-state index is 11.1. The Labute approximate surface area is 101 Å². The van der Waals surface area contributed by atoms with Gasteiger partial charge in [0.05, 0.1) is 5.69 Å². The van der Waals surface area contributed by atoms with Crippen molar-refractivity contribution < 1.29 is 9.90 Å². The summed E-state index contributed by atoms with van der Waals surface area (Å²) in [5.74, 6) is -0.960. The normalized spacial score (nSPS) is 17.8. The van der Waals surface area contributed by atoms with Crippen LogP contribution in [0.15, 0.2) is 18.3 Å². The Morgan fingerprint density at radius 3 is 2.94 bits per heavy atom. The van der Waals surface area contributed by atoms with Crippen LogP contribution in [0.5, 0.6) is 0 Å². The number of carboxylic acids is 1. The minimum atomic E-state index is -0.960. The number of pyridine rings is 1. The summed E-state index contributed by atoms with van der Waals surface area (Å²) < 4.78 is 0. The monoisotopic (exact) mass is 235 g/mol. The first-order valence-corrected chi connectivity index (χ1v) is 5.80. The quantitative estimate of drug-likeness (QED) is 0.826. The number of nitrogens with zero attached hydrogens (tertiary/aromatic N) is 3. The lowest BCUT2D eigenvalue weighted by Gasteiger charge is -2.23. The van der Waals surface area contributed by atoms with Crippen molar-refractivity contribution in [1.82, 2.24) is 9.88 Å². The van der Waals surface area contributed by atoms with Crippen molar-refractivity contribution in [3.63, 3.8) is 0 Å². The second-order valence-electron chi connectivity index (χ2n) is 4.32. The van der Waals surface area contributed by atoms with E-state index in [4.69, 9.17) is 5.11 Å². The second kappa shape index (κ2) is 5.14. The predicted octanol–water partition coefficient (Wildman–Crippen LogP) is 0.922. The van der Waals surface area contributed by atoms with Gasteiger partial charge in [0.1, 0.15) is 0 Å². The highest BCUT2D eigenvalue weighted by Crippen LogP contribution is 2.19. The van der Waals surface area contributed by atoms with Crippen molar-refractivity contribution in [2.24, 2.45) is 0 Å². The standard InChI is InChI=1S/C12H17N3O2/c1-14-6-3-7-15(9-8-14)10-4-2-5-13-11(10)12(16)17/h2,4-5H,3,6-9H2,1H3,(H,16,17). The van der Waals surface area contributed by atoms with Crippen LogP contribution in [0.3, 0.4) is 0 Å². The number of likely N-dealkylation sites (N-methyl/N-ethyl adjacent to an activating group) is 1. The van der Waals surface area contributed by atoms with Gasteiger partial charge in [-0.2, -0.15) is 0 Å². The average molecular weight is 235 g/mol. The van der Waals surface area contributed by atoms with Crippen LogP contribution in [0.1, 0.15) is 16.9 Å². The van der Waals surface area contributed by atoms with Crippen LogP contribution >= 0.6 is 0 Å². The zero-order valence-electron chi connectivity index (χ0n) is 9.96. The Morgan fingerprint density at radius 1 is 1.35 bits per heavy atom. The largest absolute Gasteiger partial charge is 0.476 e. The summed E-state index contributed by atoms with van der Waals surface area (Å²) in [6.07, 6.45) is 2.57. The fourth-order valence-corrected chi connectivity index (χ4v) is 2.10. The van der Waals surface area contributed by atoms with Crippen molar-refractivity contribution >= 4 is 11.7 Å². The maximum Gasteiger partial charge on any atom is 0.356 e. The fraction of sp³-hybridized carbons (Fsp3) is 0.500. The molecule has 17 heavy (non-hydrogen) atoms. The van der Waals surface area contributed by atoms with Crippen LogP contribution in [0.25, 0.3) is 0 Å². The molecule has 0 amide bonds. The van der Waals surface area contributed by atoms with E-state index in [2.05, 4.69) is 21.8 Å². The SMILES string of the molecule is CN1CCCN(c2cccnc2C(=O)O)CC1. The second-order valence-corrected chi connectivity index (χ2v) is 4.32. The molecule has 2 heterocycles. The minimum Gasteiger partial charge on any atom is -0.476 e. The number of hydrogen-bond acceptors (Lipinski definition) is 4. The van der Waals surface area contributed by atoms with E-state index in [9.17, 15) is 4.79 Å². The summed E-state index contributed by atoms with van der Waals surface area (Å²) in [7, 11) is 2.09. The summed E-state index contributed by atoms with van der Waals surface area (Å²) in [6.45, 7) is 3.74. The number of rotatable bonds is 2. The van der Waals surface area contributed by atoms with E-state index in [0.717, 1.165) is 38.3 Å². The molecule has 1 aliphatic heterocycles. The number of hydrogen-bond donors (Lipinski definition) is 1. The summed E-state index contributed by atoms with van der Waals surface area (Å²) in [4.78, 5) is 19.4. The van der Waals surface area contributed by atoms with Gasteiger partial charge in [-0.15, -0.1) is 0 Å². The summed E-state index contributed by atoms with van der Waals surface area (Å²) in [5.41, 5.74) is 0.882. The molecule has 0 bridgehead atoms. The predicted molar refractivity (Wildman–Crippen MR) is 65.5 cm³/mol. The van der Waals surface area contributed by atoms with E-state index in [0.29, 0.717) is 0 Å². The molecule has 1 N–H and O–H groups in total. The van der Waals surface area contributed by atoms with Gasteiger partial charge >= 0.3 is 5.97 Å². The van der Waals surface area contributed by atoms with Gasteiger partial charge in [0, 0.05) is 25.8 Å². The molecule has 2 rings (SSSR count). The van der Waals surface area contributed by atoms with Crippen LogP contribution < -0.4 is 4.90 Å². The highest BCUT2D eigenvalue weighted by atomic mass is 16.4. The van der Waals surface area contributed by atoms with Crippen molar-refractivity contribution in [1.29, 1.82) is 0 Å². The highest BCUT2D eigenvalue weighted by molar-refractivity contribution is 5.92. The van der Waals surface area contributed by atoms with Gasteiger partial charge in [0.2, 0.25) is 0 Å². The lowest BCUT2D eigenvalue weighted by Crippen LogP contribution is -2.30. The Kier molecular flexibility index (Phi) is 3.58. The van der Waals surface area contributed by atoms with E-state index in [-0.39, 0.29) is 5.69 Å². The highest BCUT2D eigenvalue weighted by Gasteiger charge is 2.19. The molecule has 1 fully saturated rings. The van der Waals surface area contributed by atoms with Gasteiger partial charge in [-0.05, 0) is 32.1 Å². The Balaban J connectivity index is 2.24. The molecule has 0 unspecified atom stereocenters. The van der Waals surface area contributed by atoms with Crippen LogP contribution in [0.2, 0.25) is 0 Å². The van der Waals surface area contributed by atoms with E-state index in [1.807, 2.05) is 6.07 Å². The van der Waals surface area contributed by atoms with Crippen LogP contribution in [0, 0.1) is 0 Å². The lowest BCUT2D eigenvalue weighted by molar-refractivity contribution is 0.0691. The third-order valence-electron chi connectivity index (χ3n) is 3.05. The van der Waals surface area contributed by atoms with Crippen molar-refractivity contribution in [2.45, 2.75) is 6.42 Å². The molecule has 5 nitrogen and oxygen atoms in total. The molecule has 0 spiro atoms. The molecule has 5 heteroatoms. The maximum atomic E-state index is 11.1. The molecule has 0 radical (unpaired) electrons. The summed E-state index contributed by atoms with van der Waals surface area (Å²) in [6, 6.07) is 3.62. The number of anilines is 1. The molecular weight excluding hydrogens is 218 g/mol. The van der Waals surface area contributed by atoms with E-state index >= 15 is 0 Å². The van der Waals surface area contributed by atoms with Crippen molar-refractivity contribution in [3.8, 4) is 0 Å². The third kappa shape index (κ3) is 2.74. The number of carbonyl (C=O) groups is 1. The van der Waals surface area contributed by atoms with Gasteiger partial charge in [-0.3, -0.25) is 0 Å². The van der Waals surface area contributed by atoms with Gasteiger partial charge in [0.15, 0.2) is 5.69 Å². The summed E-state index contributed by atoms with van der Waals surface area (Å²) >= 11 is 0. The average Bonchev–Trinajstić information content (AvgIpc) is 2.54. The topological polar surface area (TPSA) is 56.7 Å². The molecule has 1 aromatic heterocycles. The van der Waals surface area contributed by atoms with Gasteiger partial charge in [0.25, 0.3) is 0 Å². The van der Waals surface area contributed by atoms with E-state index < -0.39 is 5.97 Å². The van der Waals surface area contributed by atoms with Gasteiger partial charge < -0.3 is 14.9 Å². The Bertz CT molecular complexity index is 408. The number of aromatic carboxylic acids is 1. The van der Waals surface area contributed by atoms with Crippen LogP contribution in [0.4, 0.5) is 5.69 Å². The van der Waals surface area contributed by atoms with Gasteiger partial charge in [-0.25, -0.2) is 9.78 Å². The molecule has 0 aromatic carbocycles. The first kappa shape index (κ1) is 11.9. The lowest BCUT2D eigenvalue weighted by atomic mass is 10.2. The van der Waals surface area contributed by atoms with Crippen LogP contribution in [-0.2, 0) is 0 Å².